The van der Waals surface area contributed by atoms with Crippen molar-refractivity contribution in [1.29, 1.82) is 0 Å². The van der Waals surface area contributed by atoms with Crippen LogP contribution >= 0.6 is 0 Å². The number of benzene rings is 1. The summed E-state index contributed by atoms with van der Waals surface area (Å²) in [6.07, 6.45) is 1.81. The molecule has 15 heavy (non-hydrogen) atoms. The minimum absolute atomic E-state index is 0.109. The molecule has 0 saturated heterocycles. The third kappa shape index (κ3) is 4.42. The van der Waals surface area contributed by atoms with Crippen molar-refractivity contribution in [2.45, 2.75) is 6.92 Å². The largest absolute Gasteiger partial charge is 0.461 e. The van der Waals surface area contributed by atoms with Crippen molar-refractivity contribution in [2.24, 2.45) is 0 Å². The molecule has 0 spiro atoms. The molecule has 3 heteroatoms. The molecule has 0 aliphatic rings. The Morgan fingerprint density at radius 2 is 2.07 bits per heavy atom. The first-order valence-corrected chi connectivity index (χ1v) is 4.71. The minimum Gasteiger partial charge on any atom is -0.461 e. The average molecular weight is 206 g/mol. The van der Waals surface area contributed by atoms with Crippen LogP contribution in [-0.2, 0) is 9.53 Å². The molecule has 0 radical (unpaired) electrons. The highest BCUT2D eigenvalue weighted by Crippen LogP contribution is 2.06. The molecule has 0 saturated carbocycles. The van der Waals surface area contributed by atoms with Gasteiger partial charge < -0.3 is 9.84 Å². The highest BCUT2D eigenvalue weighted by atomic mass is 16.5. The molecule has 0 aliphatic heterocycles. The Morgan fingerprint density at radius 3 is 2.60 bits per heavy atom. The Hall–Kier alpha value is -1.61. The molecule has 1 aromatic carbocycles. The summed E-state index contributed by atoms with van der Waals surface area (Å²) in [6.45, 7) is 1.38. The highest BCUT2D eigenvalue weighted by Gasteiger charge is 1.99. The Kier molecular flexibility index (Phi) is 4.57. The van der Waals surface area contributed by atoms with Crippen LogP contribution in [0.1, 0.15) is 12.5 Å². The third-order valence-electron chi connectivity index (χ3n) is 1.83. The van der Waals surface area contributed by atoms with Crippen LogP contribution in [0.3, 0.4) is 0 Å². The molecular formula is C12H14O3. The Balaban J connectivity index is 2.65. The average Bonchev–Trinajstić information content (AvgIpc) is 2.25. The third-order valence-corrected chi connectivity index (χ3v) is 1.83. The molecule has 1 N–H and O–H groups in total. The van der Waals surface area contributed by atoms with Gasteiger partial charge in [0.05, 0.1) is 6.61 Å². The molecule has 0 unspecified atom stereocenters. The summed E-state index contributed by atoms with van der Waals surface area (Å²) in [5.74, 6) is -0.345. The highest BCUT2D eigenvalue weighted by molar-refractivity contribution is 5.66. The second-order valence-corrected chi connectivity index (χ2v) is 3.15. The first-order chi connectivity index (χ1) is 7.22. The second kappa shape index (κ2) is 5.98. The fourth-order valence-electron chi connectivity index (χ4n) is 1.11. The van der Waals surface area contributed by atoms with Crippen LogP contribution in [-0.4, -0.2) is 24.3 Å². The van der Waals surface area contributed by atoms with Crippen molar-refractivity contribution in [3.63, 3.8) is 0 Å². The van der Waals surface area contributed by atoms with Crippen molar-refractivity contribution < 1.29 is 14.6 Å². The molecule has 1 aromatic rings. The quantitative estimate of drug-likeness (QED) is 0.761. The molecule has 1 rings (SSSR count). The lowest BCUT2D eigenvalue weighted by Gasteiger charge is -2.04. The number of esters is 1. The summed E-state index contributed by atoms with van der Waals surface area (Å²) in [5, 5.41) is 9.04. The summed E-state index contributed by atoms with van der Waals surface area (Å²) in [7, 11) is 0. The maximum atomic E-state index is 10.6. The van der Waals surface area contributed by atoms with Gasteiger partial charge in [0.1, 0.15) is 6.61 Å². The zero-order valence-corrected chi connectivity index (χ0v) is 8.64. The number of aliphatic hydroxyl groups is 1. The van der Waals surface area contributed by atoms with Crippen LogP contribution in [0.5, 0.6) is 0 Å². The van der Waals surface area contributed by atoms with Crippen LogP contribution in [0.2, 0.25) is 0 Å². The number of rotatable bonds is 4. The van der Waals surface area contributed by atoms with Gasteiger partial charge in [0.2, 0.25) is 0 Å². The van der Waals surface area contributed by atoms with Gasteiger partial charge in [-0.2, -0.15) is 0 Å². The van der Waals surface area contributed by atoms with E-state index in [-0.39, 0.29) is 19.2 Å². The number of ether oxygens (including phenoxy) is 1. The number of carbonyl (C=O) groups excluding carboxylic acids is 1. The van der Waals surface area contributed by atoms with Crippen molar-refractivity contribution in [3.05, 3.63) is 41.5 Å². The first kappa shape index (κ1) is 11.5. The number of carbonyl (C=O) groups is 1. The molecule has 0 aliphatic carbocycles. The van der Waals surface area contributed by atoms with Gasteiger partial charge in [-0.05, 0) is 11.1 Å². The molecule has 0 amide bonds. The normalized spacial score (nSPS) is 11.2. The van der Waals surface area contributed by atoms with E-state index in [1.165, 1.54) is 6.92 Å². The summed E-state index contributed by atoms with van der Waals surface area (Å²) < 4.78 is 4.80. The van der Waals surface area contributed by atoms with Gasteiger partial charge in [0, 0.05) is 6.92 Å². The van der Waals surface area contributed by atoms with Gasteiger partial charge in [-0.15, -0.1) is 0 Å². The van der Waals surface area contributed by atoms with E-state index in [1.807, 2.05) is 36.4 Å². The molecule has 0 fully saturated rings. The molecule has 80 valence electrons. The van der Waals surface area contributed by atoms with Gasteiger partial charge in [-0.1, -0.05) is 36.4 Å². The predicted molar refractivity (Wildman–Crippen MR) is 58.1 cm³/mol. The first-order valence-electron chi connectivity index (χ1n) is 4.71. The summed E-state index contributed by atoms with van der Waals surface area (Å²) >= 11 is 0. The van der Waals surface area contributed by atoms with Crippen molar-refractivity contribution in [2.75, 3.05) is 13.2 Å². The van der Waals surface area contributed by atoms with E-state index in [4.69, 9.17) is 9.84 Å². The number of aliphatic hydroxyl groups excluding tert-OH is 1. The van der Waals surface area contributed by atoms with E-state index in [2.05, 4.69) is 0 Å². The Labute approximate surface area is 89.0 Å². The predicted octanol–water partition coefficient (Wildman–Crippen LogP) is 1.63. The zero-order chi connectivity index (χ0) is 11.1. The van der Waals surface area contributed by atoms with E-state index in [9.17, 15) is 4.79 Å². The molecule has 0 bridgehead atoms. The van der Waals surface area contributed by atoms with Crippen molar-refractivity contribution in [3.8, 4) is 0 Å². The van der Waals surface area contributed by atoms with Crippen LogP contribution in [0.4, 0.5) is 0 Å². The monoisotopic (exact) mass is 206 g/mol. The number of hydrogen-bond donors (Lipinski definition) is 1. The SMILES string of the molecule is CC(=O)OC/C(=C/c1ccccc1)CO. The maximum Gasteiger partial charge on any atom is 0.302 e. The fraction of sp³-hybridized carbons (Fsp3) is 0.250. The summed E-state index contributed by atoms with van der Waals surface area (Å²) in [5.41, 5.74) is 1.66. The molecule has 0 aromatic heterocycles. The van der Waals surface area contributed by atoms with Crippen LogP contribution in [0, 0.1) is 0 Å². The lowest BCUT2D eigenvalue weighted by Crippen LogP contribution is -2.05. The van der Waals surface area contributed by atoms with E-state index in [0.29, 0.717) is 5.57 Å². The zero-order valence-electron chi connectivity index (χ0n) is 8.64. The lowest BCUT2D eigenvalue weighted by atomic mass is 10.1. The number of hydrogen-bond acceptors (Lipinski definition) is 3. The fourth-order valence-corrected chi connectivity index (χ4v) is 1.11. The smallest absolute Gasteiger partial charge is 0.302 e. The molecule has 3 nitrogen and oxygen atoms in total. The standard InChI is InChI=1S/C12H14O3/c1-10(14)15-9-12(8-13)7-11-5-3-2-4-6-11/h2-7,13H,8-9H2,1H3/b12-7+. The van der Waals surface area contributed by atoms with Gasteiger partial charge in [0.15, 0.2) is 0 Å². The Morgan fingerprint density at radius 1 is 1.40 bits per heavy atom. The Bertz CT molecular complexity index is 341. The summed E-state index contributed by atoms with van der Waals surface area (Å²) in [4.78, 5) is 10.6. The van der Waals surface area contributed by atoms with Gasteiger partial charge in [-0.25, -0.2) is 0 Å². The summed E-state index contributed by atoms with van der Waals surface area (Å²) in [6, 6.07) is 9.58. The second-order valence-electron chi connectivity index (χ2n) is 3.15. The van der Waals surface area contributed by atoms with Crippen LogP contribution in [0.15, 0.2) is 35.9 Å². The van der Waals surface area contributed by atoms with E-state index >= 15 is 0 Å². The van der Waals surface area contributed by atoms with Gasteiger partial charge in [-0.3, -0.25) is 4.79 Å². The lowest BCUT2D eigenvalue weighted by molar-refractivity contribution is -0.140. The minimum atomic E-state index is -0.345. The molecule has 0 heterocycles. The molecular weight excluding hydrogens is 192 g/mol. The van der Waals surface area contributed by atoms with Gasteiger partial charge >= 0.3 is 5.97 Å². The van der Waals surface area contributed by atoms with Crippen molar-refractivity contribution in [1.82, 2.24) is 0 Å². The van der Waals surface area contributed by atoms with Crippen molar-refractivity contribution >= 4 is 12.0 Å². The van der Waals surface area contributed by atoms with Crippen LogP contribution in [0.25, 0.3) is 6.08 Å². The maximum absolute atomic E-state index is 10.6. The van der Waals surface area contributed by atoms with E-state index < -0.39 is 0 Å². The van der Waals surface area contributed by atoms with E-state index in [0.717, 1.165) is 5.56 Å². The van der Waals surface area contributed by atoms with Crippen LogP contribution < -0.4 is 0 Å². The van der Waals surface area contributed by atoms with E-state index in [1.54, 1.807) is 0 Å². The van der Waals surface area contributed by atoms with Gasteiger partial charge in [0.25, 0.3) is 0 Å². The topological polar surface area (TPSA) is 46.5 Å². The molecule has 0 atom stereocenters.